The number of hydrogen-bond donors (Lipinski definition) is 0. The molecule has 3 aromatic carbocycles. The average molecular weight is 438 g/mol. The van der Waals surface area contributed by atoms with Gasteiger partial charge in [-0.2, -0.15) is 0 Å². The molecular formula is C30H31NO2. The van der Waals surface area contributed by atoms with Gasteiger partial charge in [-0.05, 0) is 34.6 Å². The number of benzene rings is 3. The van der Waals surface area contributed by atoms with Gasteiger partial charge in [-0.15, -0.1) is 0 Å². The van der Waals surface area contributed by atoms with Gasteiger partial charge in [-0.1, -0.05) is 118 Å². The number of carbonyl (C=O) groups is 1. The molecule has 0 N–H and O–H groups in total. The van der Waals surface area contributed by atoms with E-state index in [0.717, 1.165) is 47.9 Å². The smallest absolute Gasteiger partial charge is 0.336 e. The van der Waals surface area contributed by atoms with Crippen LogP contribution >= 0.6 is 0 Å². The van der Waals surface area contributed by atoms with Gasteiger partial charge in [0, 0.05) is 5.57 Å². The first-order valence-electron chi connectivity index (χ1n) is 11.7. The Bertz CT molecular complexity index is 1090. The molecule has 0 aliphatic rings. The monoisotopic (exact) mass is 437 g/mol. The van der Waals surface area contributed by atoms with Crippen molar-refractivity contribution in [2.24, 2.45) is 5.92 Å². The fourth-order valence-electron chi connectivity index (χ4n) is 3.87. The molecule has 0 amide bonds. The third-order valence-electron chi connectivity index (χ3n) is 5.88. The first-order valence-corrected chi connectivity index (χ1v) is 11.7. The molecule has 3 rings (SSSR count). The minimum atomic E-state index is -0.550. The van der Waals surface area contributed by atoms with Crippen molar-refractivity contribution in [2.45, 2.75) is 39.5 Å². The fourth-order valence-corrected chi connectivity index (χ4v) is 3.87. The number of ether oxygens (including phenoxy) is 1. The summed E-state index contributed by atoms with van der Waals surface area (Å²) in [6.45, 7) is 12.4. The molecule has 0 aromatic heterocycles. The quantitative estimate of drug-likeness (QED) is 0.184. The summed E-state index contributed by atoms with van der Waals surface area (Å²) in [6.07, 6.45) is 4.22. The molecule has 0 spiro atoms. The maximum absolute atomic E-state index is 13.1. The molecule has 3 aromatic rings. The third kappa shape index (κ3) is 6.43. The van der Waals surface area contributed by atoms with E-state index >= 15 is 0 Å². The van der Waals surface area contributed by atoms with Gasteiger partial charge in [-0.3, -0.25) is 4.79 Å². The van der Waals surface area contributed by atoms with Gasteiger partial charge in [0.1, 0.15) is 0 Å². The largest absolute Gasteiger partial charge is 0.470 e. The summed E-state index contributed by atoms with van der Waals surface area (Å²) in [7, 11) is 0. The minimum Gasteiger partial charge on any atom is -0.470 e. The van der Waals surface area contributed by atoms with Gasteiger partial charge in [-0.25, -0.2) is 4.85 Å². The van der Waals surface area contributed by atoms with E-state index < -0.39 is 5.97 Å². The topological polar surface area (TPSA) is 30.7 Å². The molecule has 0 saturated heterocycles. The Morgan fingerprint density at radius 3 is 2.00 bits per heavy atom. The zero-order valence-electron chi connectivity index (χ0n) is 19.5. The third-order valence-corrected chi connectivity index (χ3v) is 5.88. The highest BCUT2D eigenvalue weighted by atomic mass is 16.5. The Morgan fingerprint density at radius 2 is 1.42 bits per heavy atom. The average Bonchev–Trinajstić information content (AvgIpc) is 2.88. The van der Waals surface area contributed by atoms with Crippen molar-refractivity contribution < 1.29 is 9.53 Å². The summed E-state index contributed by atoms with van der Waals surface area (Å²) in [6, 6.07) is 27.7. The lowest BCUT2D eigenvalue weighted by atomic mass is 9.94. The Kier molecular flexibility index (Phi) is 9.03. The van der Waals surface area contributed by atoms with Crippen molar-refractivity contribution in [1.29, 1.82) is 0 Å². The van der Waals surface area contributed by atoms with Crippen LogP contribution in [0.25, 0.3) is 21.5 Å². The predicted octanol–water partition coefficient (Wildman–Crippen LogP) is 7.79. The predicted molar refractivity (Wildman–Crippen MR) is 135 cm³/mol. The molecule has 0 saturated carbocycles. The molecule has 0 radical (unpaired) electrons. The van der Waals surface area contributed by atoms with Crippen LogP contribution < -0.4 is 0 Å². The summed E-state index contributed by atoms with van der Waals surface area (Å²) in [5.74, 6) is -0.225. The molecule has 0 aliphatic heterocycles. The van der Waals surface area contributed by atoms with E-state index in [9.17, 15) is 4.79 Å². The number of carbonyl (C=O) groups excluding carboxylic acids is 1. The standard InChI is InChI=1S/C30H31NO2/c1-4-6-13-23(5-2)22-33-30(32)29(31-3)28(26-16-11-8-12-17-26)27-20-18-25(19-21-27)24-14-9-7-10-15-24/h7-12,14-21,23H,4-6,13,22H2,1-2H3. The number of nitrogens with zero attached hydrogens (tertiary/aromatic N) is 1. The van der Waals surface area contributed by atoms with Crippen molar-refractivity contribution in [2.75, 3.05) is 6.61 Å². The molecule has 0 bridgehead atoms. The van der Waals surface area contributed by atoms with Crippen LogP contribution in [0.2, 0.25) is 0 Å². The molecule has 168 valence electrons. The molecule has 1 unspecified atom stereocenters. The van der Waals surface area contributed by atoms with Crippen molar-refractivity contribution in [3.8, 4) is 11.1 Å². The summed E-state index contributed by atoms with van der Waals surface area (Å²) < 4.78 is 5.65. The van der Waals surface area contributed by atoms with Crippen LogP contribution in [0.4, 0.5) is 0 Å². The van der Waals surface area contributed by atoms with E-state index in [1.165, 1.54) is 0 Å². The van der Waals surface area contributed by atoms with Crippen LogP contribution in [-0.2, 0) is 9.53 Å². The van der Waals surface area contributed by atoms with Gasteiger partial charge in [0.05, 0.1) is 13.2 Å². The van der Waals surface area contributed by atoms with Crippen molar-refractivity contribution in [3.63, 3.8) is 0 Å². The first-order chi connectivity index (χ1) is 16.2. The normalized spacial score (nSPS) is 12.4. The van der Waals surface area contributed by atoms with Crippen LogP contribution in [-0.4, -0.2) is 12.6 Å². The summed E-state index contributed by atoms with van der Waals surface area (Å²) >= 11 is 0. The summed E-state index contributed by atoms with van der Waals surface area (Å²) in [5, 5.41) is 0. The number of unbranched alkanes of at least 4 members (excludes halogenated alkanes) is 1. The van der Waals surface area contributed by atoms with E-state index in [2.05, 4.69) is 30.8 Å². The molecule has 0 aliphatic carbocycles. The van der Waals surface area contributed by atoms with Crippen LogP contribution in [0.15, 0.2) is 90.6 Å². The Hall–Kier alpha value is -3.64. The Morgan fingerprint density at radius 1 is 0.848 bits per heavy atom. The Labute approximate surface area is 197 Å². The number of hydrogen-bond acceptors (Lipinski definition) is 2. The molecule has 3 heteroatoms. The fraction of sp³-hybridized carbons (Fsp3) is 0.267. The second-order valence-corrected chi connectivity index (χ2v) is 8.16. The number of rotatable bonds is 10. The SMILES string of the molecule is [C-]#[N+]C(C(=O)OCC(CC)CCCC)=C(c1ccccc1)c1ccc(-c2ccccc2)cc1. The van der Waals surface area contributed by atoms with E-state index in [-0.39, 0.29) is 5.70 Å². The summed E-state index contributed by atoms with van der Waals surface area (Å²) in [5.41, 5.74) is 4.49. The second-order valence-electron chi connectivity index (χ2n) is 8.16. The first kappa shape index (κ1) is 24.0. The molecule has 0 heterocycles. The van der Waals surface area contributed by atoms with Gasteiger partial charge in [0.15, 0.2) is 0 Å². The highest BCUT2D eigenvalue weighted by Crippen LogP contribution is 2.30. The van der Waals surface area contributed by atoms with Crippen LogP contribution in [0.3, 0.4) is 0 Å². The maximum atomic E-state index is 13.1. The Balaban J connectivity index is 1.95. The molecule has 0 fully saturated rings. The molecule has 33 heavy (non-hydrogen) atoms. The van der Waals surface area contributed by atoms with Gasteiger partial charge in [0.2, 0.25) is 0 Å². The number of esters is 1. The van der Waals surface area contributed by atoms with Crippen molar-refractivity contribution in [3.05, 3.63) is 113 Å². The second kappa shape index (κ2) is 12.4. The van der Waals surface area contributed by atoms with Crippen molar-refractivity contribution in [1.82, 2.24) is 0 Å². The van der Waals surface area contributed by atoms with Gasteiger partial charge >= 0.3 is 5.97 Å². The van der Waals surface area contributed by atoms with Crippen LogP contribution in [0.1, 0.15) is 50.7 Å². The maximum Gasteiger partial charge on any atom is 0.336 e. The minimum absolute atomic E-state index is 0.0269. The van der Waals surface area contributed by atoms with Crippen molar-refractivity contribution >= 4 is 11.5 Å². The molecule has 1 atom stereocenters. The van der Waals surface area contributed by atoms with E-state index in [0.29, 0.717) is 18.1 Å². The van der Waals surface area contributed by atoms with E-state index in [1.54, 1.807) is 0 Å². The summed E-state index contributed by atoms with van der Waals surface area (Å²) in [4.78, 5) is 16.7. The lowest BCUT2D eigenvalue weighted by Gasteiger charge is -2.16. The lowest BCUT2D eigenvalue weighted by molar-refractivity contribution is -0.140. The zero-order valence-corrected chi connectivity index (χ0v) is 19.5. The van der Waals surface area contributed by atoms with Crippen LogP contribution in [0, 0.1) is 12.5 Å². The van der Waals surface area contributed by atoms with Crippen LogP contribution in [0.5, 0.6) is 0 Å². The lowest BCUT2D eigenvalue weighted by Crippen LogP contribution is -2.15. The molecule has 3 nitrogen and oxygen atoms in total. The highest BCUT2D eigenvalue weighted by Gasteiger charge is 2.22. The van der Waals surface area contributed by atoms with E-state index in [4.69, 9.17) is 11.3 Å². The van der Waals surface area contributed by atoms with E-state index in [1.807, 2.05) is 72.8 Å². The zero-order chi connectivity index (χ0) is 23.5. The molecular weight excluding hydrogens is 406 g/mol. The van der Waals surface area contributed by atoms with Gasteiger partial charge in [0.25, 0.3) is 5.70 Å². The van der Waals surface area contributed by atoms with Gasteiger partial charge < -0.3 is 4.74 Å². The highest BCUT2D eigenvalue weighted by molar-refractivity contribution is 6.03.